The largest absolute Gasteiger partial charge is 0.311 e. The number of hydrogen-bond donors (Lipinski definition) is 0. The molecule has 6 heteroatoms. The van der Waals surface area contributed by atoms with E-state index >= 15 is 0 Å². The first kappa shape index (κ1) is 13.3. The summed E-state index contributed by atoms with van der Waals surface area (Å²) in [5, 5.41) is 0.395. The van der Waals surface area contributed by atoms with Gasteiger partial charge in [-0.05, 0) is 18.2 Å². The molecular weight excluding hydrogens is 304 g/mol. The highest BCUT2D eigenvalue weighted by Crippen LogP contribution is 2.32. The Balaban J connectivity index is 2.32. The number of carbonyl (C=O) groups excluding carboxylic acids is 1. The fraction of sp³-hybridized carbons (Fsp3) is 0.364. The Morgan fingerprint density at radius 3 is 2.29 bits per heavy atom. The van der Waals surface area contributed by atoms with Gasteiger partial charge in [0.05, 0.1) is 0 Å². The minimum absolute atomic E-state index is 0.0522. The van der Waals surface area contributed by atoms with Crippen LogP contribution in [0.15, 0.2) is 18.2 Å². The summed E-state index contributed by atoms with van der Waals surface area (Å²) in [5.41, 5.74) is 0.658. The molecule has 2 nitrogen and oxygen atoms in total. The molecule has 0 radical (unpaired) electrons. The van der Waals surface area contributed by atoms with Crippen molar-refractivity contribution in [3.8, 4) is 0 Å². The standard InChI is InChI=1S/C11H9Cl4NO/c12-4-6-5-16(11(17)10(6)15)9-2-7(13)1-8(14)3-9/h1-3,6,10H,4-5H2. The second-order valence-electron chi connectivity index (χ2n) is 3.89. The Labute approximate surface area is 119 Å². The SMILES string of the molecule is O=C1C(Cl)C(CCl)CN1c1cc(Cl)cc(Cl)c1. The molecule has 1 fully saturated rings. The summed E-state index contributed by atoms with van der Waals surface area (Å²) in [6.07, 6.45) is 0. The van der Waals surface area contributed by atoms with Gasteiger partial charge in [-0.2, -0.15) is 0 Å². The summed E-state index contributed by atoms with van der Waals surface area (Å²) >= 11 is 23.6. The molecule has 1 aliphatic heterocycles. The number of amides is 1. The average Bonchev–Trinajstić information content (AvgIpc) is 2.54. The first-order valence-electron chi connectivity index (χ1n) is 5.00. The van der Waals surface area contributed by atoms with Crippen LogP contribution in [0.3, 0.4) is 0 Å². The molecule has 1 aromatic rings. The monoisotopic (exact) mass is 311 g/mol. The molecule has 2 rings (SSSR count). The molecule has 0 aromatic heterocycles. The lowest BCUT2D eigenvalue weighted by Gasteiger charge is -2.16. The molecule has 92 valence electrons. The maximum absolute atomic E-state index is 11.9. The molecule has 1 aliphatic rings. The van der Waals surface area contributed by atoms with Gasteiger partial charge in [0.15, 0.2) is 0 Å². The van der Waals surface area contributed by atoms with E-state index in [4.69, 9.17) is 46.4 Å². The van der Waals surface area contributed by atoms with E-state index in [9.17, 15) is 4.79 Å². The second kappa shape index (κ2) is 5.23. The molecule has 17 heavy (non-hydrogen) atoms. The molecule has 2 unspecified atom stereocenters. The number of rotatable bonds is 2. The van der Waals surface area contributed by atoms with Crippen molar-refractivity contribution in [1.29, 1.82) is 0 Å². The third-order valence-corrected chi connectivity index (χ3v) is 4.07. The van der Waals surface area contributed by atoms with E-state index in [-0.39, 0.29) is 11.8 Å². The number of halogens is 4. The first-order valence-corrected chi connectivity index (χ1v) is 6.73. The molecule has 1 aromatic carbocycles. The van der Waals surface area contributed by atoms with Gasteiger partial charge in [0, 0.05) is 34.1 Å². The van der Waals surface area contributed by atoms with Gasteiger partial charge in [-0.15, -0.1) is 23.2 Å². The van der Waals surface area contributed by atoms with E-state index in [1.807, 2.05) is 0 Å². The molecular formula is C11H9Cl4NO. The lowest BCUT2D eigenvalue weighted by atomic mass is 10.1. The molecule has 0 saturated carbocycles. The van der Waals surface area contributed by atoms with E-state index in [0.717, 1.165) is 0 Å². The number of benzene rings is 1. The predicted octanol–water partition coefficient (Wildman–Crippen LogP) is 3.80. The molecule has 1 heterocycles. The van der Waals surface area contributed by atoms with Gasteiger partial charge >= 0.3 is 0 Å². The zero-order valence-electron chi connectivity index (χ0n) is 8.67. The van der Waals surface area contributed by atoms with Crippen LogP contribution in [-0.4, -0.2) is 23.7 Å². The van der Waals surface area contributed by atoms with E-state index in [2.05, 4.69) is 0 Å². The van der Waals surface area contributed by atoms with E-state index in [1.54, 1.807) is 23.1 Å². The van der Waals surface area contributed by atoms with Crippen LogP contribution in [-0.2, 0) is 4.79 Å². The van der Waals surface area contributed by atoms with Gasteiger partial charge in [0.25, 0.3) is 0 Å². The maximum atomic E-state index is 11.9. The van der Waals surface area contributed by atoms with Crippen molar-refractivity contribution >= 4 is 58.0 Å². The molecule has 0 N–H and O–H groups in total. The van der Waals surface area contributed by atoms with E-state index < -0.39 is 5.38 Å². The molecule has 1 saturated heterocycles. The van der Waals surface area contributed by atoms with Crippen molar-refractivity contribution in [2.24, 2.45) is 5.92 Å². The topological polar surface area (TPSA) is 20.3 Å². The Morgan fingerprint density at radius 1 is 1.24 bits per heavy atom. The predicted molar refractivity (Wildman–Crippen MR) is 72.7 cm³/mol. The van der Waals surface area contributed by atoms with Gasteiger partial charge in [-0.3, -0.25) is 4.79 Å². The average molecular weight is 313 g/mol. The third kappa shape index (κ3) is 2.65. The first-order chi connectivity index (χ1) is 8.02. The summed E-state index contributed by atoms with van der Waals surface area (Å²) in [5.74, 6) is 0.143. The third-order valence-electron chi connectivity index (χ3n) is 2.69. The minimum Gasteiger partial charge on any atom is -0.311 e. The zero-order valence-corrected chi connectivity index (χ0v) is 11.7. The fourth-order valence-electron chi connectivity index (χ4n) is 1.82. The summed E-state index contributed by atoms with van der Waals surface area (Å²) in [6, 6.07) is 4.99. The summed E-state index contributed by atoms with van der Waals surface area (Å²) < 4.78 is 0. The number of hydrogen-bond acceptors (Lipinski definition) is 1. The Morgan fingerprint density at radius 2 is 1.82 bits per heavy atom. The van der Waals surface area contributed by atoms with Crippen molar-refractivity contribution in [3.05, 3.63) is 28.2 Å². The Hall–Kier alpha value is -0.150. The van der Waals surface area contributed by atoms with Crippen molar-refractivity contribution < 1.29 is 4.79 Å². The lowest BCUT2D eigenvalue weighted by molar-refractivity contribution is -0.117. The van der Waals surface area contributed by atoms with Gasteiger partial charge in [0.1, 0.15) is 5.38 Å². The van der Waals surface area contributed by atoms with Gasteiger partial charge in [-0.1, -0.05) is 23.2 Å². The van der Waals surface area contributed by atoms with Crippen LogP contribution in [0.4, 0.5) is 5.69 Å². The van der Waals surface area contributed by atoms with Gasteiger partial charge in [-0.25, -0.2) is 0 Å². The summed E-state index contributed by atoms with van der Waals surface area (Å²) in [7, 11) is 0. The zero-order chi connectivity index (χ0) is 12.6. The molecule has 0 bridgehead atoms. The lowest BCUT2D eigenvalue weighted by Crippen LogP contribution is -2.27. The smallest absolute Gasteiger partial charge is 0.245 e. The molecule has 1 amide bonds. The minimum atomic E-state index is -0.578. The maximum Gasteiger partial charge on any atom is 0.245 e. The van der Waals surface area contributed by atoms with Crippen LogP contribution in [0.1, 0.15) is 0 Å². The number of carbonyl (C=O) groups is 1. The summed E-state index contributed by atoms with van der Waals surface area (Å²) in [6.45, 7) is 0.493. The molecule has 2 atom stereocenters. The highest BCUT2D eigenvalue weighted by Gasteiger charge is 2.39. The van der Waals surface area contributed by atoms with Gasteiger partial charge in [0.2, 0.25) is 5.91 Å². The highest BCUT2D eigenvalue weighted by molar-refractivity contribution is 6.36. The molecule has 0 aliphatic carbocycles. The van der Waals surface area contributed by atoms with Crippen molar-refractivity contribution in [2.75, 3.05) is 17.3 Å². The van der Waals surface area contributed by atoms with Crippen molar-refractivity contribution in [1.82, 2.24) is 0 Å². The number of anilines is 1. The van der Waals surface area contributed by atoms with Crippen LogP contribution in [0.2, 0.25) is 10.0 Å². The fourth-order valence-corrected chi connectivity index (χ4v) is 2.99. The van der Waals surface area contributed by atoms with Crippen LogP contribution < -0.4 is 4.90 Å². The van der Waals surface area contributed by atoms with Crippen LogP contribution in [0.25, 0.3) is 0 Å². The highest BCUT2D eigenvalue weighted by atomic mass is 35.5. The number of alkyl halides is 2. The van der Waals surface area contributed by atoms with Crippen LogP contribution >= 0.6 is 46.4 Å². The van der Waals surface area contributed by atoms with E-state index in [1.165, 1.54) is 0 Å². The Kier molecular flexibility index (Phi) is 4.09. The van der Waals surface area contributed by atoms with Gasteiger partial charge < -0.3 is 4.90 Å². The second-order valence-corrected chi connectivity index (χ2v) is 5.54. The molecule has 0 spiro atoms. The quantitative estimate of drug-likeness (QED) is 0.761. The number of nitrogens with zero attached hydrogens (tertiary/aromatic N) is 1. The van der Waals surface area contributed by atoms with Crippen molar-refractivity contribution in [2.45, 2.75) is 5.38 Å². The summed E-state index contributed by atoms with van der Waals surface area (Å²) in [4.78, 5) is 13.5. The Bertz CT molecular complexity index is 431. The van der Waals surface area contributed by atoms with Crippen molar-refractivity contribution in [3.63, 3.8) is 0 Å². The van der Waals surface area contributed by atoms with Crippen LogP contribution in [0.5, 0.6) is 0 Å². The van der Waals surface area contributed by atoms with E-state index in [0.29, 0.717) is 28.2 Å². The normalized spacial score (nSPS) is 24.5. The van der Waals surface area contributed by atoms with Crippen LogP contribution in [0, 0.1) is 5.92 Å².